The Hall–Kier alpha value is -2.90. The smallest absolute Gasteiger partial charge is 0.331 e. The number of ether oxygens (including phenoxy) is 2. The molecular formula is C20H21N4O2S+. The van der Waals surface area contributed by atoms with Gasteiger partial charge >= 0.3 is 5.01 Å². The number of thiazole rings is 1. The zero-order chi connectivity index (χ0) is 18.8. The fourth-order valence-electron chi connectivity index (χ4n) is 3.05. The molecule has 3 N–H and O–H groups in total. The molecule has 2 heterocycles. The van der Waals surface area contributed by atoms with Crippen molar-refractivity contribution in [2.45, 2.75) is 0 Å². The number of rotatable bonds is 5. The summed E-state index contributed by atoms with van der Waals surface area (Å²) in [6.45, 7) is 1.57. The standard InChI is InChI=1S/C20H21N4O2S/c1-25-15-7-3-13(4-8-15)17-18(14-5-9-16(26-2)10-6-14)27(21)20(24-17)19-22-11-12-23-19/h3-10H,11-12,21H2,1-2H3,(H,22,23)/q+1. The van der Waals surface area contributed by atoms with Crippen LogP contribution in [0.5, 0.6) is 11.5 Å². The van der Waals surface area contributed by atoms with Gasteiger partial charge in [0.2, 0.25) is 10.7 Å². The zero-order valence-electron chi connectivity index (χ0n) is 15.2. The Morgan fingerprint density at radius 2 is 1.52 bits per heavy atom. The highest BCUT2D eigenvalue weighted by molar-refractivity contribution is 7.36. The number of hydrogen-bond donors (Lipinski definition) is 2. The van der Waals surface area contributed by atoms with Gasteiger partial charge in [-0.15, -0.1) is 5.14 Å². The van der Waals surface area contributed by atoms with E-state index in [0.29, 0.717) is 0 Å². The number of aliphatic imine (C=N–C) groups is 1. The average Bonchev–Trinajstić information content (AvgIpc) is 3.36. The second kappa shape index (κ2) is 7.38. The molecule has 1 aliphatic heterocycles. The van der Waals surface area contributed by atoms with Crippen molar-refractivity contribution < 1.29 is 9.47 Å². The van der Waals surface area contributed by atoms with Crippen molar-refractivity contribution in [2.24, 2.45) is 4.99 Å². The SMILES string of the molecule is COc1ccc(-c2nc(C3=NCCN3)[s+](N)c2-c2ccc(OC)cc2)cc1. The number of benzene rings is 2. The lowest BCUT2D eigenvalue weighted by atomic mass is 10.1. The van der Waals surface area contributed by atoms with Gasteiger partial charge in [0.15, 0.2) is 0 Å². The van der Waals surface area contributed by atoms with Crippen molar-refractivity contribution in [3.05, 3.63) is 53.5 Å². The molecule has 6 nitrogen and oxygen atoms in total. The van der Waals surface area contributed by atoms with Crippen molar-refractivity contribution in [3.8, 4) is 33.2 Å². The van der Waals surface area contributed by atoms with Crippen LogP contribution >= 0.6 is 10.7 Å². The third kappa shape index (κ3) is 3.27. The maximum Gasteiger partial charge on any atom is 0.331 e. The predicted octanol–water partition coefficient (Wildman–Crippen LogP) is 3.25. The van der Waals surface area contributed by atoms with Gasteiger partial charge in [-0.05, 0) is 48.5 Å². The van der Waals surface area contributed by atoms with Gasteiger partial charge in [-0.25, -0.2) is 0 Å². The van der Waals surface area contributed by atoms with E-state index in [9.17, 15) is 0 Å². The van der Waals surface area contributed by atoms with E-state index in [4.69, 9.17) is 19.6 Å². The molecule has 0 spiro atoms. The topological polar surface area (TPSA) is 81.8 Å². The van der Waals surface area contributed by atoms with Gasteiger partial charge in [0.05, 0.1) is 20.8 Å². The first-order valence-corrected chi connectivity index (χ1v) is 9.89. The molecule has 1 unspecified atom stereocenters. The molecule has 0 radical (unpaired) electrons. The van der Waals surface area contributed by atoms with E-state index in [1.54, 1.807) is 14.2 Å². The van der Waals surface area contributed by atoms with Gasteiger partial charge in [-0.3, -0.25) is 4.99 Å². The van der Waals surface area contributed by atoms with Crippen LogP contribution in [0.15, 0.2) is 53.5 Å². The third-order valence-electron chi connectivity index (χ3n) is 4.45. The first-order valence-electron chi connectivity index (χ1n) is 8.60. The minimum atomic E-state index is -0.671. The summed E-state index contributed by atoms with van der Waals surface area (Å²) in [4.78, 5) is 10.4. The lowest BCUT2D eigenvalue weighted by Gasteiger charge is -2.03. The predicted molar refractivity (Wildman–Crippen MR) is 110 cm³/mol. The van der Waals surface area contributed by atoms with Crippen molar-refractivity contribution >= 4 is 16.5 Å². The molecule has 1 atom stereocenters. The molecule has 0 fully saturated rings. The Labute approximate surface area is 160 Å². The molecule has 4 rings (SSSR count). The summed E-state index contributed by atoms with van der Waals surface area (Å²) in [5, 5.41) is 10.8. The monoisotopic (exact) mass is 381 g/mol. The molecule has 27 heavy (non-hydrogen) atoms. The quantitative estimate of drug-likeness (QED) is 0.663. The maximum atomic E-state index is 6.65. The Balaban J connectivity index is 1.87. The molecule has 1 aromatic heterocycles. The Morgan fingerprint density at radius 1 is 0.926 bits per heavy atom. The lowest BCUT2D eigenvalue weighted by Crippen LogP contribution is -2.20. The third-order valence-corrected chi connectivity index (χ3v) is 6.02. The summed E-state index contributed by atoms with van der Waals surface area (Å²) < 4.78 is 10.6. The number of nitrogens with one attached hydrogen (secondary N) is 1. The molecule has 0 saturated carbocycles. The summed E-state index contributed by atoms with van der Waals surface area (Å²) in [5.74, 6) is 2.42. The molecule has 0 aliphatic carbocycles. The van der Waals surface area contributed by atoms with E-state index in [1.807, 2.05) is 48.5 Å². The number of nitrogens with zero attached hydrogens (tertiary/aromatic N) is 2. The van der Waals surface area contributed by atoms with Crippen LogP contribution in [-0.4, -0.2) is 38.1 Å². The lowest BCUT2D eigenvalue weighted by molar-refractivity contribution is 0.414. The van der Waals surface area contributed by atoms with Gasteiger partial charge in [0.25, 0.3) is 0 Å². The Bertz CT molecular complexity index is 978. The molecule has 0 bridgehead atoms. The first-order chi connectivity index (χ1) is 13.2. The molecule has 0 amide bonds. The van der Waals surface area contributed by atoms with Crippen molar-refractivity contribution in [1.29, 1.82) is 0 Å². The fraction of sp³-hybridized carbons (Fsp3) is 0.200. The number of amidine groups is 1. The summed E-state index contributed by atoms with van der Waals surface area (Å²) >= 11 is 0. The average molecular weight is 381 g/mol. The number of methoxy groups -OCH3 is 2. The number of hydrogen-bond acceptors (Lipinski definition) is 6. The van der Waals surface area contributed by atoms with Crippen LogP contribution in [0.1, 0.15) is 5.01 Å². The van der Waals surface area contributed by atoms with E-state index in [1.165, 1.54) is 0 Å². The highest BCUT2D eigenvalue weighted by atomic mass is 32.2. The Morgan fingerprint density at radius 3 is 2.04 bits per heavy atom. The van der Waals surface area contributed by atoms with Crippen LogP contribution in [-0.2, 0) is 0 Å². The second-order valence-corrected chi connectivity index (χ2v) is 7.52. The summed E-state index contributed by atoms with van der Waals surface area (Å²) in [6, 6.07) is 15.8. The summed E-state index contributed by atoms with van der Waals surface area (Å²) in [6.07, 6.45) is 0. The van der Waals surface area contributed by atoms with Crippen LogP contribution in [0.3, 0.4) is 0 Å². The van der Waals surface area contributed by atoms with Crippen molar-refractivity contribution in [3.63, 3.8) is 0 Å². The molecule has 3 aromatic rings. The van der Waals surface area contributed by atoms with Crippen molar-refractivity contribution in [1.82, 2.24) is 10.3 Å². The van der Waals surface area contributed by atoms with Crippen molar-refractivity contribution in [2.75, 3.05) is 32.4 Å². The van der Waals surface area contributed by atoms with Gasteiger partial charge < -0.3 is 14.8 Å². The maximum absolute atomic E-state index is 6.65. The van der Waals surface area contributed by atoms with E-state index >= 15 is 0 Å². The summed E-state index contributed by atoms with van der Waals surface area (Å²) in [7, 11) is 2.64. The van der Waals surface area contributed by atoms with Gasteiger partial charge in [0.1, 0.15) is 27.8 Å². The fourth-order valence-corrected chi connectivity index (χ4v) is 4.54. The minimum absolute atomic E-state index is 0.671. The normalized spacial score (nSPS) is 13.9. The first kappa shape index (κ1) is 17.5. The van der Waals surface area contributed by atoms with Crippen LogP contribution in [0, 0.1) is 0 Å². The Kier molecular flexibility index (Phi) is 4.79. The van der Waals surface area contributed by atoms with Crippen LogP contribution in [0.4, 0.5) is 0 Å². The zero-order valence-corrected chi connectivity index (χ0v) is 16.0. The molecule has 2 aromatic carbocycles. The molecular weight excluding hydrogens is 360 g/mol. The highest BCUT2D eigenvalue weighted by Crippen LogP contribution is 2.42. The minimum Gasteiger partial charge on any atom is -0.497 e. The number of nitrogen functional groups attached to an aromatic ring is 1. The largest absolute Gasteiger partial charge is 0.497 e. The van der Waals surface area contributed by atoms with E-state index in [0.717, 1.165) is 57.1 Å². The highest BCUT2D eigenvalue weighted by Gasteiger charge is 2.32. The molecule has 0 saturated heterocycles. The van der Waals surface area contributed by atoms with Gasteiger partial charge in [-0.2, -0.15) is 4.98 Å². The van der Waals surface area contributed by atoms with Gasteiger partial charge in [-0.1, -0.05) is 0 Å². The van der Waals surface area contributed by atoms with Crippen LogP contribution in [0.2, 0.25) is 0 Å². The molecule has 1 aliphatic rings. The van der Waals surface area contributed by atoms with E-state index in [-0.39, 0.29) is 0 Å². The van der Waals surface area contributed by atoms with E-state index < -0.39 is 10.7 Å². The number of aromatic nitrogens is 1. The molecule has 138 valence electrons. The summed E-state index contributed by atoms with van der Waals surface area (Å²) in [5.41, 5.74) is 2.91. The van der Waals surface area contributed by atoms with Crippen LogP contribution in [0.25, 0.3) is 21.7 Å². The second-order valence-electron chi connectivity index (χ2n) is 6.05. The van der Waals surface area contributed by atoms with Gasteiger partial charge in [0, 0.05) is 17.7 Å². The molecule has 7 heteroatoms. The number of nitrogens with two attached hydrogens (primary N) is 1. The van der Waals surface area contributed by atoms with E-state index in [2.05, 4.69) is 10.3 Å². The van der Waals surface area contributed by atoms with Crippen LogP contribution < -0.4 is 19.9 Å².